The van der Waals surface area contributed by atoms with Crippen LogP contribution in [0, 0.1) is 13.8 Å². The van der Waals surface area contributed by atoms with E-state index in [1.807, 2.05) is 39.0 Å². The van der Waals surface area contributed by atoms with Crippen LogP contribution >= 0.6 is 0 Å². The lowest BCUT2D eigenvalue weighted by molar-refractivity contribution is -0.132. The summed E-state index contributed by atoms with van der Waals surface area (Å²) < 4.78 is 5.62. The van der Waals surface area contributed by atoms with Gasteiger partial charge >= 0.3 is 6.03 Å². The standard InChI is InChI=1S/C17H24N2O4/c1-5-17(4)15(21)19(16(22)18-17)9-13(20)10-23-14-8-11(2)6-7-12(14)3/h6-8,13,20H,5,9-10H2,1-4H3,(H,18,22). The van der Waals surface area contributed by atoms with Gasteiger partial charge in [0.25, 0.3) is 5.91 Å². The highest BCUT2D eigenvalue weighted by atomic mass is 16.5. The van der Waals surface area contributed by atoms with Crippen LogP contribution in [0.5, 0.6) is 5.75 Å². The van der Waals surface area contributed by atoms with Crippen LogP contribution < -0.4 is 10.1 Å². The number of benzene rings is 1. The summed E-state index contributed by atoms with van der Waals surface area (Å²) in [5.41, 5.74) is 1.15. The Labute approximate surface area is 136 Å². The van der Waals surface area contributed by atoms with Crippen LogP contribution in [0.1, 0.15) is 31.4 Å². The zero-order valence-corrected chi connectivity index (χ0v) is 14.0. The normalized spacial score (nSPS) is 22.2. The molecule has 1 heterocycles. The van der Waals surface area contributed by atoms with E-state index in [2.05, 4.69) is 5.32 Å². The fourth-order valence-corrected chi connectivity index (χ4v) is 2.46. The Balaban J connectivity index is 1.95. The number of ether oxygens (including phenoxy) is 1. The SMILES string of the molecule is CCC1(C)NC(=O)N(CC(O)COc2cc(C)ccc2C)C1=O. The van der Waals surface area contributed by atoms with Crippen LogP contribution in [0.4, 0.5) is 4.79 Å². The van der Waals surface area contributed by atoms with Gasteiger partial charge in [-0.3, -0.25) is 9.69 Å². The van der Waals surface area contributed by atoms with E-state index >= 15 is 0 Å². The van der Waals surface area contributed by atoms with Gasteiger partial charge in [-0.25, -0.2) is 4.79 Å². The van der Waals surface area contributed by atoms with E-state index in [0.29, 0.717) is 12.2 Å². The third-order valence-electron chi connectivity index (χ3n) is 4.22. The Morgan fingerprint density at radius 3 is 2.65 bits per heavy atom. The van der Waals surface area contributed by atoms with Crippen molar-refractivity contribution < 1.29 is 19.4 Å². The quantitative estimate of drug-likeness (QED) is 0.783. The highest BCUT2D eigenvalue weighted by Gasteiger charge is 2.46. The Kier molecular flexibility index (Phi) is 4.94. The number of aryl methyl sites for hydroxylation is 2. The van der Waals surface area contributed by atoms with E-state index in [0.717, 1.165) is 16.0 Å². The molecule has 2 unspecified atom stereocenters. The first-order valence-corrected chi connectivity index (χ1v) is 7.79. The van der Waals surface area contributed by atoms with E-state index in [4.69, 9.17) is 4.74 Å². The maximum atomic E-state index is 12.3. The summed E-state index contributed by atoms with van der Waals surface area (Å²) in [6.07, 6.45) is -0.438. The number of urea groups is 1. The predicted molar refractivity (Wildman–Crippen MR) is 86.4 cm³/mol. The molecule has 3 amide bonds. The van der Waals surface area contributed by atoms with E-state index < -0.39 is 17.7 Å². The molecule has 0 spiro atoms. The van der Waals surface area contributed by atoms with Crippen LogP contribution in [-0.2, 0) is 4.79 Å². The van der Waals surface area contributed by atoms with Gasteiger partial charge in [0.2, 0.25) is 0 Å². The molecule has 0 radical (unpaired) electrons. The van der Waals surface area contributed by atoms with E-state index in [9.17, 15) is 14.7 Å². The third kappa shape index (κ3) is 3.64. The molecule has 23 heavy (non-hydrogen) atoms. The minimum atomic E-state index is -0.941. The third-order valence-corrected chi connectivity index (χ3v) is 4.22. The molecule has 1 aromatic carbocycles. The zero-order chi connectivity index (χ0) is 17.2. The molecule has 6 heteroatoms. The maximum Gasteiger partial charge on any atom is 0.325 e. The molecule has 1 saturated heterocycles. The number of nitrogens with zero attached hydrogens (tertiary/aromatic N) is 1. The van der Waals surface area contributed by atoms with Crippen molar-refractivity contribution in [1.82, 2.24) is 10.2 Å². The van der Waals surface area contributed by atoms with Crippen molar-refractivity contribution >= 4 is 11.9 Å². The number of aliphatic hydroxyl groups is 1. The van der Waals surface area contributed by atoms with Gasteiger partial charge in [-0.15, -0.1) is 0 Å². The average Bonchev–Trinajstić information content (AvgIpc) is 2.72. The summed E-state index contributed by atoms with van der Waals surface area (Å²) in [7, 11) is 0. The van der Waals surface area contributed by atoms with Gasteiger partial charge < -0.3 is 15.2 Å². The summed E-state index contributed by atoms with van der Waals surface area (Å²) in [5, 5.41) is 12.8. The van der Waals surface area contributed by atoms with Crippen LogP contribution in [-0.4, -0.2) is 46.7 Å². The highest BCUT2D eigenvalue weighted by Crippen LogP contribution is 2.22. The summed E-state index contributed by atoms with van der Waals surface area (Å²) in [6.45, 7) is 7.34. The fraction of sp³-hybridized carbons (Fsp3) is 0.529. The Morgan fingerprint density at radius 1 is 1.35 bits per heavy atom. The number of hydrogen-bond donors (Lipinski definition) is 2. The van der Waals surface area contributed by atoms with Crippen LogP contribution in [0.2, 0.25) is 0 Å². The van der Waals surface area contributed by atoms with Gasteiger partial charge in [0.1, 0.15) is 24.0 Å². The summed E-state index contributed by atoms with van der Waals surface area (Å²) in [4.78, 5) is 25.2. The van der Waals surface area contributed by atoms with Gasteiger partial charge in [0.15, 0.2) is 0 Å². The lowest BCUT2D eigenvalue weighted by Gasteiger charge is -2.21. The first kappa shape index (κ1) is 17.3. The number of amides is 3. The van der Waals surface area contributed by atoms with E-state index in [1.54, 1.807) is 6.92 Å². The molecule has 1 fully saturated rings. The molecule has 0 aliphatic carbocycles. The van der Waals surface area contributed by atoms with Gasteiger partial charge in [0.05, 0.1) is 6.54 Å². The number of nitrogens with one attached hydrogen (secondary N) is 1. The van der Waals surface area contributed by atoms with E-state index in [-0.39, 0.29) is 19.1 Å². The number of carbonyl (C=O) groups is 2. The molecule has 126 valence electrons. The summed E-state index contributed by atoms with van der Waals surface area (Å²) in [5.74, 6) is 0.385. The minimum absolute atomic E-state index is 0.0180. The van der Waals surface area contributed by atoms with Gasteiger partial charge in [-0.1, -0.05) is 19.1 Å². The number of rotatable bonds is 6. The Bertz CT molecular complexity index is 617. The topological polar surface area (TPSA) is 78.9 Å². The molecule has 2 atom stereocenters. The first-order chi connectivity index (χ1) is 10.8. The molecule has 1 aromatic rings. The van der Waals surface area contributed by atoms with Crippen molar-refractivity contribution in [3.8, 4) is 5.75 Å². The van der Waals surface area contributed by atoms with Gasteiger partial charge in [-0.2, -0.15) is 0 Å². The van der Waals surface area contributed by atoms with Gasteiger partial charge in [-0.05, 0) is 44.4 Å². The first-order valence-electron chi connectivity index (χ1n) is 7.79. The molecular weight excluding hydrogens is 296 g/mol. The monoisotopic (exact) mass is 320 g/mol. The molecule has 6 nitrogen and oxygen atoms in total. The molecular formula is C17H24N2O4. The average molecular weight is 320 g/mol. The second-order valence-electron chi connectivity index (χ2n) is 6.27. The van der Waals surface area contributed by atoms with Crippen molar-refractivity contribution in [2.75, 3.05) is 13.2 Å². The number of hydrogen-bond acceptors (Lipinski definition) is 4. The van der Waals surface area contributed by atoms with Crippen LogP contribution in [0.15, 0.2) is 18.2 Å². The van der Waals surface area contributed by atoms with Crippen molar-refractivity contribution in [1.29, 1.82) is 0 Å². The number of imide groups is 1. The fourth-order valence-electron chi connectivity index (χ4n) is 2.46. The van der Waals surface area contributed by atoms with Crippen molar-refractivity contribution in [3.05, 3.63) is 29.3 Å². The lowest BCUT2D eigenvalue weighted by Crippen LogP contribution is -2.44. The Morgan fingerprint density at radius 2 is 2.04 bits per heavy atom. The highest BCUT2D eigenvalue weighted by molar-refractivity contribution is 6.06. The number of carbonyl (C=O) groups excluding carboxylic acids is 2. The number of β-amino-alcohol motifs (C(OH)–C–C–N with tert-alkyl or cyclic N) is 1. The van der Waals surface area contributed by atoms with Crippen molar-refractivity contribution in [2.45, 2.75) is 45.8 Å². The second-order valence-corrected chi connectivity index (χ2v) is 6.27. The van der Waals surface area contributed by atoms with E-state index in [1.165, 1.54) is 0 Å². The smallest absolute Gasteiger partial charge is 0.325 e. The van der Waals surface area contributed by atoms with Gasteiger partial charge in [0, 0.05) is 0 Å². The molecule has 1 aliphatic rings. The minimum Gasteiger partial charge on any atom is -0.491 e. The van der Waals surface area contributed by atoms with Crippen LogP contribution in [0.25, 0.3) is 0 Å². The Hall–Kier alpha value is -2.08. The molecule has 0 bridgehead atoms. The molecule has 0 saturated carbocycles. The molecule has 0 aromatic heterocycles. The molecule has 2 rings (SSSR count). The zero-order valence-electron chi connectivity index (χ0n) is 14.0. The number of aliphatic hydroxyl groups excluding tert-OH is 1. The second kappa shape index (κ2) is 6.58. The van der Waals surface area contributed by atoms with Crippen LogP contribution in [0.3, 0.4) is 0 Å². The summed E-state index contributed by atoms with van der Waals surface area (Å²) in [6, 6.07) is 5.35. The molecule has 1 aliphatic heterocycles. The molecule has 2 N–H and O–H groups in total. The van der Waals surface area contributed by atoms with Crippen molar-refractivity contribution in [3.63, 3.8) is 0 Å². The largest absolute Gasteiger partial charge is 0.491 e. The predicted octanol–water partition coefficient (Wildman–Crippen LogP) is 1.76. The summed E-state index contributed by atoms with van der Waals surface area (Å²) >= 11 is 0. The van der Waals surface area contributed by atoms with Crippen molar-refractivity contribution in [2.24, 2.45) is 0 Å². The lowest BCUT2D eigenvalue weighted by atomic mass is 9.99. The maximum absolute atomic E-state index is 12.3.